The second-order valence-electron chi connectivity index (χ2n) is 7.31. The predicted molar refractivity (Wildman–Crippen MR) is 113 cm³/mol. The van der Waals surface area contributed by atoms with Crippen molar-refractivity contribution >= 4 is 27.6 Å². The van der Waals surface area contributed by atoms with Gasteiger partial charge in [-0.05, 0) is 37.5 Å². The van der Waals surface area contributed by atoms with E-state index in [2.05, 4.69) is 20.7 Å². The lowest BCUT2D eigenvalue weighted by Gasteiger charge is -2.22. The topological polar surface area (TPSA) is 116 Å². The molecule has 0 radical (unpaired) electrons. The molecule has 3 amide bonds. The van der Waals surface area contributed by atoms with Crippen molar-refractivity contribution in [3.63, 3.8) is 0 Å². The first-order chi connectivity index (χ1) is 13.9. The van der Waals surface area contributed by atoms with E-state index in [-0.39, 0.29) is 35.8 Å². The molecule has 1 saturated carbocycles. The first-order valence-electron chi connectivity index (χ1n) is 10.3. The Kier molecular flexibility index (Phi) is 9.40. The molecule has 9 heteroatoms. The first-order valence-corrected chi connectivity index (χ1v) is 11.8. The van der Waals surface area contributed by atoms with E-state index in [0.717, 1.165) is 38.5 Å². The third-order valence-corrected chi connectivity index (χ3v) is 6.29. The van der Waals surface area contributed by atoms with Crippen molar-refractivity contribution in [3.8, 4) is 0 Å². The second kappa shape index (κ2) is 11.8. The fourth-order valence-electron chi connectivity index (χ4n) is 3.20. The van der Waals surface area contributed by atoms with E-state index < -0.39 is 10.0 Å². The number of hydrogen-bond acceptors (Lipinski definition) is 4. The largest absolute Gasteiger partial charge is 0.338 e. The van der Waals surface area contributed by atoms with Crippen LogP contribution in [0.5, 0.6) is 0 Å². The number of urea groups is 1. The number of carbonyl (C=O) groups excluding carboxylic acids is 2. The summed E-state index contributed by atoms with van der Waals surface area (Å²) in [4.78, 5) is 24.1. The quantitative estimate of drug-likeness (QED) is 0.432. The Hall–Kier alpha value is -2.13. The molecule has 0 unspecified atom stereocenters. The van der Waals surface area contributed by atoms with Gasteiger partial charge in [-0.3, -0.25) is 4.79 Å². The Labute approximate surface area is 173 Å². The summed E-state index contributed by atoms with van der Waals surface area (Å²) in [5.74, 6) is -0.295. The average molecular weight is 425 g/mol. The van der Waals surface area contributed by atoms with Gasteiger partial charge in [0.2, 0.25) is 15.9 Å². The monoisotopic (exact) mass is 424 g/mol. The van der Waals surface area contributed by atoms with Crippen LogP contribution in [0.15, 0.2) is 29.2 Å². The molecular weight excluding hydrogens is 392 g/mol. The Bertz CT molecular complexity index is 776. The molecule has 0 bridgehead atoms. The summed E-state index contributed by atoms with van der Waals surface area (Å²) in [6.45, 7) is 2.57. The van der Waals surface area contributed by atoms with Crippen LogP contribution in [0.2, 0.25) is 0 Å². The van der Waals surface area contributed by atoms with E-state index in [9.17, 15) is 18.0 Å². The van der Waals surface area contributed by atoms with Crippen LogP contribution < -0.4 is 20.7 Å². The Morgan fingerprint density at radius 3 is 2.59 bits per heavy atom. The van der Waals surface area contributed by atoms with E-state index in [0.29, 0.717) is 12.2 Å². The van der Waals surface area contributed by atoms with Gasteiger partial charge in [0.25, 0.3) is 0 Å². The molecule has 8 nitrogen and oxygen atoms in total. The number of sulfonamides is 1. The van der Waals surface area contributed by atoms with E-state index in [4.69, 9.17) is 0 Å². The lowest BCUT2D eigenvalue weighted by atomic mass is 9.96. The van der Waals surface area contributed by atoms with Crippen LogP contribution in [0, 0.1) is 0 Å². The van der Waals surface area contributed by atoms with Gasteiger partial charge in [-0.2, -0.15) is 0 Å². The lowest BCUT2D eigenvalue weighted by molar-refractivity contribution is -0.116. The number of rotatable bonds is 10. The number of carbonyl (C=O) groups is 2. The van der Waals surface area contributed by atoms with Gasteiger partial charge in [-0.1, -0.05) is 38.7 Å². The molecule has 0 heterocycles. The van der Waals surface area contributed by atoms with Crippen molar-refractivity contribution in [2.75, 3.05) is 18.4 Å². The van der Waals surface area contributed by atoms with Crippen LogP contribution in [0.4, 0.5) is 10.5 Å². The Morgan fingerprint density at radius 2 is 1.86 bits per heavy atom. The van der Waals surface area contributed by atoms with Crippen molar-refractivity contribution < 1.29 is 18.0 Å². The maximum absolute atomic E-state index is 12.3. The Balaban J connectivity index is 1.76. The minimum atomic E-state index is -3.60. The number of unbranched alkanes of at least 4 members (excludes halogenated alkanes) is 1. The molecule has 1 aliphatic carbocycles. The minimum Gasteiger partial charge on any atom is -0.338 e. The third kappa shape index (κ3) is 8.41. The molecule has 0 spiro atoms. The van der Waals surface area contributed by atoms with Crippen molar-refractivity contribution in [3.05, 3.63) is 24.3 Å². The molecule has 0 aromatic heterocycles. The molecule has 0 aliphatic heterocycles. The predicted octanol–water partition coefficient (Wildman–Crippen LogP) is 2.73. The van der Waals surface area contributed by atoms with E-state index in [1.54, 1.807) is 12.1 Å². The summed E-state index contributed by atoms with van der Waals surface area (Å²) in [5.41, 5.74) is 0.403. The molecule has 4 N–H and O–H groups in total. The Morgan fingerprint density at radius 1 is 1.10 bits per heavy atom. The molecule has 1 aromatic rings. The van der Waals surface area contributed by atoms with Crippen LogP contribution in [-0.4, -0.2) is 39.5 Å². The van der Waals surface area contributed by atoms with Gasteiger partial charge in [0.1, 0.15) is 0 Å². The summed E-state index contributed by atoms with van der Waals surface area (Å²) < 4.78 is 27.1. The van der Waals surface area contributed by atoms with Crippen LogP contribution >= 0.6 is 0 Å². The number of amides is 3. The van der Waals surface area contributed by atoms with Crippen LogP contribution in [0.1, 0.15) is 58.3 Å². The van der Waals surface area contributed by atoms with E-state index in [1.807, 2.05) is 6.92 Å². The first kappa shape index (κ1) is 23.2. The standard InChI is InChI=1S/C20H32N4O4S/c1-2-3-13-22-29(27,28)18-11-7-10-17(15-18)23-19(25)12-14-21-20(26)24-16-8-5-4-6-9-16/h7,10-11,15-16,22H,2-6,8-9,12-14H2,1H3,(H,23,25)(H2,21,24,26). The summed E-state index contributed by atoms with van der Waals surface area (Å²) in [6.07, 6.45) is 7.25. The fourth-order valence-corrected chi connectivity index (χ4v) is 4.32. The molecule has 2 rings (SSSR count). The number of anilines is 1. The molecule has 162 valence electrons. The summed E-state index contributed by atoms with van der Waals surface area (Å²) >= 11 is 0. The molecule has 1 fully saturated rings. The number of benzene rings is 1. The number of hydrogen-bond donors (Lipinski definition) is 4. The zero-order valence-electron chi connectivity index (χ0n) is 17.0. The van der Waals surface area contributed by atoms with E-state index in [1.165, 1.54) is 18.6 Å². The number of nitrogens with one attached hydrogen (secondary N) is 4. The average Bonchev–Trinajstić information content (AvgIpc) is 2.69. The van der Waals surface area contributed by atoms with Gasteiger partial charge in [0.15, 0.2) is 0 Å². The molecule has 1 aromatic carbocycles. The van der Waals surface area contributed by atoms with Gasteiger partial charge < -0.3 is 16.0 Å². The van der Waals surface area contributed by atoms with Gasteiger partial charge in [0, 0.05) is 31.2 Å². The SMILES string of the molecule is CCCCNS(=O)(=O)c1cccc(NC(=O)CCNC(=O)NC2CCCCC2)c1. The van der Waals surface area contributed by atoms with Crippen molar-refractivity contribution in [1.82, 2.24) is 15.4 Å². The summed E-state index contributed by atoms with van der Waals surface area (Å²) in [5, 5.41) is 8.30. The fraction of sp³-hybridized carbons (Fsp3) is 0.600. The molecule has 29 heavy (non-hydrogen) atoms. The zero-order valence-corrected chi connectivity index (χ0v) is 17.8. The molecule has 1 aliphatic rings. The van der Waals surface area contributed by atoms with E-state index >= 15 is 0 Å². The van der Waals surface area contributed by atoms with Gasteiger partial charge in [-0.25, -0.2) is 17.9 Å². The third-order valence-electron chi connectivity index (χ3n) is 4.83. The highest BCUT2D eigenvalue weighted by molar-refractivity contribution is 7.89. The summed E-state index contributed by atoms with van der Waals surface area (Å²) in [6, 6.07) is 6.09. The molecular formula is C20H32N4O4S. The van der Waals surface area contributed by atoms with Crippen LogP contribution in [-0.2, 0) is 14.8 Å². The molecule has 0 saturated heterocycles. The van der Waals surface area contributed by atoms with Crippen LogP contribution in [0.3, 0.4) is 0 Å². The summed E-state index contributed by atoms with van der Waals surface area (Å²) in [7, 11) is -3.60. The maximum atomic E-state index is 12.3. The highest BCUT2D eigenvalue weighted by atomic mass is 32.2. The maximum Gasteiger partial charge on any atom is 0.315 e. The smallest absolute Gasteiger partial charge is 0.315 e. The minimum absolute atomic E-state index is 0.101. The van der Waals surface area contributed by atoms with Crippen molar-refractivity contribution in [2.24, 2.45) is 0 Å². The van der Waals surface area contributed by atoms with Gasteiger partial charge >= 0.3 is 6.03 Å². The van der Waals surface area contributed by atoms with Gasteiger partial charge in [0.05, 0.1) is 4.90 Å². The normalized spacial score (nSPS) is 14.9. The zero-order chi connectivity index (χ0) is 21.1. The highest BCUT2D eigenvalue weighted by Gasteiger charge is 2.16. The lowest BCUT2D eigenvalue weighted by Crippen LogP contribution is -2.43. The van der Waals surface area contributed by atoms with Crippen LogP contribution in [0.25, 0.3) is 0 Å². The highest BCUT2D eigenvalue weighted by Crippen LogP contribution is 2.17. The second-order valence-corrected chi connectivity index (χ2v) is 9.08. The van der Waals surface area contributed by atoms with Crippen molar-refractivity contribution in [2.45, 2.75) is 69.2 Å². The molecule has 0 atom stereocenters. The van der Waals surface area contributed by atoms with Crippen molar-refractivity contribution in [1.29, 1.82) is 0 Å². The van der Waals surface area contributed by atoms with Gasteiger partial charge in [-0.15, -0.1) is 0 Å².